The Balaban J connectivity index is 1.37. The number of ether oxygens (including phenoxy) is 2. The van der Waals surface area contributed by atoms with Gasteiger partial charge < -0.3 is 9.47 Å². The molecule has 40 heavy (non-hydrogen) atoms. The molecule has 4 aromatic carbocycles. The minimum Gasteiger partial charge on any atom is -0.490 e. The maximum absolute atomic E-state index is 12.5. The number of nitrogens with one attached hydrogen (secondary N) is 2. The van der Waals surface area contributed by atoms with Crippen molar-refractivity contribution in [3.63, 3.8) is 0 Å². The van der Waals surface area contributed by atoms with Crippen LogP contribution in [0.3, 0.4) is 0 Å². The summed E-state index contributed by atoms with van der Waals surface area (Å²) in [5.41, 5.74) is 3.97. The molecule has 0 spiro atoms. The van der Waals surface area contributed by atoms with Crippen LogP contribution in [0.2, 0.25) is 5.02 Å². The number of carbonyl (C=O) groups is 2. The fourth-order valence-corrected chi connectivity index (χ4v) is 4.62. The van der Waals surface area contributed by atoms with Crippen molar-refractivity contribution in [2.45, 2.75) is 11.8 Å². The van der Waals surface area contributed by atoms with Gasteiger partial charge in [0.1, 0.15) is 0 Å². The molecule has 11 heteroatoms. The molecule has 204 valence electrons. The van der Waals surface area contributed by atoms with Crippen LogP contribution in [-0.2, 0) is 10.0 Å². The van der Waals surface area contributed by atoms with Crippen LogP contribution in [-0.4, -0.2) is 33.1 Å². The predicted molar refractivity (Wildman–Crippen MR) is 153 cm³/mol. The Morgan fingerprint density at radius 2 is 1.57 bits per heavy atom. The minimum atomic E-state index is -3.81. The Bertz CT molecular complexity index is 1630. The normalized spacial score (nSPS) is 11.2. The summed E-state index contributed by atoms with van der Waals surface area (Å²) >= 11 is 5.82. The number of anilines is 1. The molecule has 4 aromatic rings. The summed E-state index contributed by atoms with van der Waals surface area (Å²) in [5, 5.41) is 4.40. The molecule has 0 fully saturated rings. The Hall–Kier alpha value is -4.67. The third-order valence-corrected chi connectivity index (χ3v) is 7.03. The molecule has 0 atom stereocenters. The first kappa shape index (κ1) is 28.3. The van der Waals surface area contributed by atoms with Crippen LogP contribution in [0.25, 0.3) is 0 Å². The first-order valence-corrected chi connectivity index (χ1v) is 13.9. The summed E-state index contributed by atoms with van der Waals surface area (Å²) in [6.45, 7) is 2.15. The number of hydrogen-bond donors (Lipinski definition) is 2. The second-order valence-electron chi connectivity index (χ2n) is 8.23. The smallest absolute Gasteiger partial charge is 0.343 e. The zero-order valence-electron chi connectivity index (χ0n) is 21.2. The molecule has 0 bridgehead atoms. The van der Waals surface area contributed by atoms with Crippen molar-refractivity contribution in [2.24, 2.45) is 5.10 Å². The standard InChI is InChI=1S/C29H24ClN3O6S/c1-2-38-27-18-20(8-17-26(27)39-29(35)22-6-4-3-5-7-22)19-31-32-28(34)21-9-13-24(14-10-21)33-40(36,37)25-15-11-23(30)12-16-25/h3-19,33H,2H2,1H3,(H,32,34)/b31-19+. The second kappa shape index (κ2) is 12.9. The number of benzene rings is 4. The lowest BCUT2D eigenvalue weighted by Crippen LogP contribution is -2.18. The maximum atomic E-state index is 12.5. The average Bonchev–Trinajstić information content (AvgIpc) is 2.95. The Morgan fingerprint density at radius 3 is 2.25 bits per heavy atom. The fourth-order valence-electron chi connectivity index (χ4n) is 3.44. The molecule has 0 saturated carbocycles. The van der Waals surface area contributed by atoms with Crippen LogP contribution in [0.5, 0.6) is 11.5 Å². The molecule has 0 aromatic heterocycles. The largest absolute Gasteiger partial charge is 0.490 e. The highest BCUT2D eigenvalue weighted by molar-refractivity contribution is 7.92. The monoisotopic (exact) mass is 577 g/mol. The van der Waals surface area contributed by atoms with Crippen LogP contribution in [0.15, 0.2) is 107 Å². The number of carbonyl (C=O) groups excluding carboxylic acids is 2. The van der Waals surface area contributed by atoms with E-state index in [-0.39, 0.29) is 21.9 Å². The lowest BCUT2D eigenvalue weighted by atomic mass is 10.2. The van der Waals surface area contributed by atoms with E-state index in [1.807, 2.05) is 0 Å². The van der Waals surface area contributed by atoms with E-state index in [4.69, 9.17) is 21.1 Å². The quantitative estimate of drug-likeness (QED) is 0.111. The molecular formula is C29H24ClN3O6S. The number of rotatable bonds is 10. The topological polar surface area (TPSA) is 123 Å². The van der Waals surface area contributed by atoms with E-state index in [0.717, 1.165) is 0 Å². The minimum absolute atomic E-state index is 0.0583. The number of esters is 1. The van der Waals surface area contributed by atoms with Gasteiger partial charge in [-0.3, -0.25) is 9.52 Å². The molecule has 0 saturated heterocycles. The summed E-state index contributed by atoms with van der Waals surface area (Å²) < 4.78 is 38.6. The van der Waals surface area contributed by atoms with E-state index in [9.17, 15) is 18.0 Å². The highest BCUT2D eigenvalue weighted by Gasteiger charge is 2.15. The molecule has 0 radical (unpaired) electrons. The van der Waals surface area contributed by atoms with Crippen molar-refractivity contribution in [3.8, 4) is 11.5 Å². The third-order valence-electron chi connectivity index (χ3n) is 5.38. The van der Waals surface area contributed by atoms with Gasteiger partial charge in [-0.15, -0.1) is 0 Å². The van der Waals surface area contributed by atoms with Crippen LogP contribution in [0.4, 0.5) is 5.69 Å². The first-order valence-electron chi connectivity index (χ1n) is 12.0. The number of sulfonamides is 1. The van der Waals surface area contributed by atoms with Crippen molar-refractivity contribution in [2.75, 3.05) is 11.3 Å². The van der Waals surface area contributed by atoms with Gasteiger partial charge in [0.25, 0.3) is 15.9 Å². The van der Waals surface area contributed by atoms with Crippen LogP contribution < -0.4 is 19.6 Å². The van der Waals surface area contributed by atoms with Gasteiger partial charge in [0.2, 0.25) is 0 Å². The zero-order valence-corrected chi connectivity index (χ0v) is 22.8. The predicted octanol–water partition coefficient (Wildman–Crippen LogP) is 5.52. The van der Waals surface area contributed by atoms with Gasteiger partial charge in [0.15, 0.2) is 11.5 Å². The van der Waals surface area contributed by atoms with E-state index in [2.05, 4.69) is 15.2 Å². The molecule has 0 aliphatic heterocycles. The molecule has 1 amide bonds. The van der Waals surface area contributed by atoms with Crippen LogP contribution in [0, 0.1) is 0 Å². The highest BCUT2D eigenvalue weighted by atomic mass is 35.5. The fraction of sp³-hybridized carbons (Fsp3) is 0.0690. The maximum Gasteiger partial charge on any atom is 0.343 e. The third kappa shape index (κ3) is 7.46. The molecule has 4 rings (SSSR count). The van der Waals surface area contributed by atoms with Gasteiger partial charge in [0.05, 0.1) is 23.3 Å². The van der Waals surface area contributed by atoms with E-state index in [1.54, 1.807) is 55.5 Å². The van der Waals surface area contributed by atoms with E-state index in [0.29, 0.717) is 28.5 Å². The molecule has 2 N–H and O–H groups in total. The summed E-state index contributed by atoms with van der Waals surface area (Å²) in [6.07, 6.45) is 1.41. The Kier molecular flexibility index (Phi) is 9.15. The number of amides is 1. The molecule has 0 heterocycles. The van der Waals surface area contributed by atoms with Gasteiger partial charge in [-0.05, 0) is 91.3 Å². The van der Waals surface area contributed by atoms with Gasteiger partial charge in [0, 0.05) is 16.3 Å². The Labute approximate surface area is 236 Å². The second-order valence-corrected chi connectivity index (χ2v) is 10.3. The molecule has 0 aliphatic carbocycles. The van der Waals surface area contributed by atoms with Gasteiger partial charge >= 0.3 is 5.97 Å². The summed E-state index contributed by atoms with van der Waals surface area (Å²) in [6, 6.07) is 25.1. The van der Waals surface area contributed by atoms with E-state index < -0.39 is 21.9 Å². The van der Waals surface area contributed by atoms with E-state index >= 15 is 0 Å². The van der Waals surface area contributed by atoms with Crippen molar-refractivity contribution in [3.05, 3.63) is 119 Å². The molecule has 0 unspecified atom stereocenters. The molecule has 9 nitrogen and oxygen atoms in total. The number of hydrazone groups is 1. The van der Waals surface area contributed by atoms with Crippen molar-refractivity contribution < 1.29 is 27.5 Å². The van der Waals surface area contributed by atoms with Crippen LogP contribution in [0.1, 0.15) is 33.2 Å². The highest BCUT2D eigenvalue weighted by Crippen LogP contribution is 2.29. The number of hydrogen-bond acceptors (Lipinski definition) is 7. The first-order chi connectivity index (χ1) is 19.2. The van der Waals surface area contributed by atoms with Gasteiger partial charge in [-0.2, -0.15) is 5.10 Å². The lowest BCUT2D eigenvalue weighted by Gasteiger charge is -2.11. The van der Waals surface area contributed by atoms with Gasteiger partial charge in [-0.1, -0.05) is 29.8 Å². The average molecular weight is 578 g/mol. The number of nitrogens with zero attached hydrogens (tertiary/aromatic N) is 1. The molecule has 0 aliphatic rings. The molecular weight excluding hydrogens is 554 g/mol. The van der Waals surface area contributed by atoms with Crippen molar-refractivity contribution >= 4 is 45.4 Å². The SMILES string of the molecule is CCOc1cc(/C=N/NC(=O)c2ccc(NS(=O)(=O)c3ccc(Cl)cc3)cc2)ccc1OC(=O)c1ccccc1. The van der Waals surface area contributed by atoms with Crippen molar-refractivity contribution in [1.29, 1.82) is 0 Å². The van der Waals surface area contributed by atoms with Gasteiger partial charge in [-0.25, -0.2) is 18.6 Å². The summed E-state index contributed by atoms with van der Waals surface area (Å²) in [4.78, 5) is 25.0. The zero-order chi connectivity index (χ0) is 28.5. The lowest BCUT2D eigenvalue weighted by molar-refractivity contribution is 0.0728. The van der Waals surface area contributed by atoms with Crippen LogP contribution >= 0.6 is 11.6 Å². The van der Waals surface area contributed by atoms with E-state index in [1.165, 1.54) is 54.7 Å². The number of halogens is 1. The summed E-state index contributed by atoms with van der Waals surface area (Å²) in [5.74, 6) is -0.414. The summed E-state index contributed by atoms with van der Waals surface area (Å²) in [7, 11) is -3.81. The Morgan fingerprint density at radius 1 is 0.875 bits per heavy atom. The van der Waals surface area contributed by atoms with Crippen molar-refractivity contribution in [1.82, 2.24) is 5.43 Å².